The van der Waals surface area contributed by atoms with Gasteiger partial charge in [-0.15, -0.1) is 0 Å². The summed E-state index contributed by atoms with van der Waals surface area (Å²) >= 11 is 0. The van der Waals surface area contributed by atoms with Crippen molar-refractivity contribution in [3.05, 3.63) is 75.8 Å². The molecule has 0 aliphatic carbocycles. The van der Waals surface area contributed by atoms with Gasteiger partial charge in [-0.25, -0.2) is 0 Å². The minimum Gasteiger partial charge on any atom is -0.466 e. The van der Waals surface area contributed by atoms with Crippen molar-refractivity contribution in [2.45, 2.75) is 32.1 Å². The lowest BCUT2D eigenvalue weighted by atomic mass is 10.1. The molecule has 0 radical (unpaired) electrons. The van der Waals surface area contributed by atoms with Crippen LogP contribution in [0.4, 0.5) is 5.69 Å². The zero-order valence-electron chi connectivity index (χ0n) is 16.3. The van der Waals surface area contributed by atoms with Crippen molar-refractivity contribution in [1.82, 2.24) is 10.9 Å². The van der Waals surface area contributed by atoms with E-state index in [0.717, 1.165) is 12.8 Å². The van der Waals surface area contributed by atoms with E-state index in [1.54, 1.807) is 0 Å². The summed E-state index contributed by atoms with van der Waals surface area (Å²) in [6.07, 6.45) is 1.99. The Morgan fingerprint density at radius 2 is 1.60 bits per heavy atom. The van der Waals surface area contributed by atoms with Crippen LogP contribution in [-0.2, 0) is 20.7 Å². The minimum atomic E-state index is -0.601. The molecule has 0 aliphatic rings. The van der Waals surface area contributed by atoms with Crippen LogP contribution in [-0.4, -0.2) is 29.3 Å². The van der Waals surface area contributed by atoms with Crippen LogP contribution < -0.4 is 10.9 Å². The molecule has 0 aliphatic heterocycles. The normalized spacial score (nSPS) is 10.1. The highest BCUT2D eigenvalue weighted by Crippen LogP contribution is 2.11. The van der Waals surface area contributed by atoms with E-state index in [1.165, 1.54) is 29.8 Å². The lowest BCUT2D eigenvalue weighted by molar-refractivity contribution is -0.384. The quantitative estimate of drug-likeness (QED) is 0.267. The van der Waals surface area contributed by atoms with Crippen LogP contribution in [0.3, 0.4) is 0 Å². The number of non-ortho nitro benzene ring substituents is 1. The van der Waals surface area contributed by atoms with Gasteiger partial charge in [-0.05, 0) is 37.0 Å². The maximum absolute atomic E-state index is 11.9. The number of nitrogens with one attached hydrogen (secondary N) is 2. The number of nitrogens with zero attached hydrogens (tertiary/aromatic N) is 1. The molecule has 2 rings (SSSR count). The Bertz CT molecular complexity index is 868. The van der Waals surface area contributed by atoms with Gasteiger partial charge in [0.2, 0.25) is 5.91 Å². The zero-order valence-corrected chi connectivity index (χ0v) is 16.3. The van der Waals surface area contributed by atoms with Gasteiger partial charge >= 0.3 is 5.97 Å². The predicted molar refractivity (Wildman–Crippen MR) is 108 cm³/mol. The van der Waals surface area contributed by atoms with E-state index in [4.69, 9.17) is 4.74 Å². The lowest BCUT2D eigenvalue weighted by Crippen LogP contribution is -2.41. The number of hydrogen-bond acceptors (Lipinski definition) is 6. The van der Waals surface area contributed by atoms with E-state index in [-0.39, 0.29) is 36.5 Å². The topological polar surface area (TPSA) is 128 Å². The molecule has 2 aromatic carbocycles. The number of nitro groups is 1. The van der Waals surface area contributed by atoms with Gasteiger partial charge in [-0.2, -0.15) is 0 Å². The van der Waals surface area contributed by atoms with Crippen LogP contribution in [0.5, 0.6) is 0 Å². The van der Waals surface area contributed by atoms with Gasteiger partial charge in [0.1, 0.15) is 0 Å². The smallest absolute Gasteiger partial charge is 0.305 e. The molecule has 0 atom stereocenters. The van der Waals surface area contributed by atoms with Crippen molar-refractivity contribution in [3.8, 4) is 0 Å². The van der Waals surface area contributed by atoms with E-state index in [1.807, 2.05) is 30.3 Å². The first-order valence-electron chi connectivity index (χ1n) is 9.49. The van der Waals surface area contributed by atoms with E-state index in [9.17, 15) is 24.5 Å². The van der Waals surface area contributed by atoms with Crippen molar-refractivity contribution in [2.75, 3.05) is 6.61 Å². The van der Waals surface area contributed by atoms with Gasteiger partial charge < -0.3 is 4.74 Å². The fourth-order valence-electron chi connectivity index (χ4n) is 2.57. The minimum absolute atomic E-state index is 0.0413. The van der Waals surface area contributed by atoms with Gasteiger partial charge in [0.15, 0.2) is 0 Å². The fraction of sp³-hybridized carbons (Fsp3) is 0.286. The molecule has 9 nitrogen and oxygen atoms in total. The van der Waals surface area contributed by atoms with Gasteiger partial charge in [0.05, 0.1) is 11.5 Å². The van der Waals surface area contributed by atoms with Crippen LogP contribution in [0, 0.1) is 10.1 Å². The molecular formula is C21H23N3O6. The summed E-state index contributed by atoms with van der Waals surface area (Å²) in [6.45, 7) is 0.325. The summed E-state index contributed by atoms with van der Waals surface area (Å²) in [5.74, 6) is -1.43. The number of esters is 1. The first-order chi connectivity index (χ1) is 14.5. The van der Waals surface area contributed by atoms with Crippen molar-refractivity contribution < 1.29 is 24.0 Å². The van der Waals surface area contributed by atoms with E-state index in [2.05, 4.69) is 10.9 Å². The third-order valence-corrected chi connectivity index (χ3v) is 4.16. The lowest BCUT2D eigenvalue weighted by Gasteiger charge is -2.08. The highest BCUT2D eigenvalue weighted by Gasteiger charge is 2.11. The molecule has 158 valence electrons. The Balaban J connectivity index is 1.56. The molecule has 0 aromatic heterocycles. The average molecular weight is 413 g/mol. The molecule has 0 heterocycles. The van der Waals surface area contributed by atoms with Crippen LogP contribution in [0.2, 0.25) is 0 Å². The third-order valence-electron chi connectivity index (χ3n) is 4.16. The van der Waals surface area contributed by atoms with Crippen LogP contribution >= 0.6 is 0 Å². The van der Waals surface area contributed by atoms with Crippen molar-refractivity contribution >= 4 is 23.5 Å². The van der Waals surface area contributed by atoms with Crippen LogP contribution in [0.25, 0.3) is 0 Å². The number of nitro benzene ring substituents is 1. The monoisotopic (exact) mass is 413 g/mol. The molecule has 2 aromatic rings. The number of aryl methyl sites for hydroxylation is 1. The summed E-state index contributed by atoms with van der Waals surface area (Å²) < 4.78 is 5.14. The molecule has 0 spiro atoms. The van der Waals surface area contributed by atoms with E-state index < -0.39 is 16.7 Å². The molecular weight excluding hydrogens is 390 g/mol. The predicted octanol–water partition coefficient (Wildman–Crippen LogP) is 2.70. The SMILES string of the molecule is O=C(CCCC(=O)OCCCc1ccccc1)NNC(=O)c1ccc([N+](=O)[O-])cc1. The summed E-state index contributed by atoms with van der Waals surface area (Å²) in [5, 5.41) is 10.6. The standard InChI is InChI=1S/C21H23N3O6/c25-19(22-23-21(27)17-11-13-18(14-12-17)24(28)29)9-4-10-20(26)30-15-5-8-16-6-2-1-3-7-16/h1-3,6-7,11-14H,4-5,8-10,15H2,(H,22,25)(H,23,27). The Hall–Kier alpha value is -3.75. The summed E-state index contributed by atoms with van der Waals surface area (Å²) in [7, 11) is 0. The largest absolute Gasteiger partial charge is 0.466 e. The first kappa shape index (κ1) is 22.5. The molecule has 0 bridgehead atoms. The van der Waals surface area contributed by atoms with Gasteiger partial charge in [-0.3, -0.25) is 35.3 Å². The highest BCUT2D eigenvalue weighted by atomic mass is 16.6. The second-order valence-electron chi connectivity index (χ2n) is 6.47. The Labute approximate surface area is 173 Å². The number of amides is 2. The van der Waals surface area contributed by atoms with Crippen molar-refractivity contribution in [3.63, 3.8) is 0 Å². The molecule has 0 fully saturated rings. The Kier molecular flexibility index (Phi) is 8.98. The highest BCUT2D eigenvalue weighted by molar-refractivity contribution is 5.95. The van der Waals surface area contributed by atoms with E-state index >= 15 is 0 Å². The van der Waals surface area contributed by atoms with Gasteiger partial charge in [-0.1, -0.05) is 30.3 Å². The molecule has 9 heteroatoms. The van der Waals surface area contributed by atoms with Gasteiger partial charge in [0.25, 0.3) is 11.6 Å². The fourth-order valence-corrected chi connectivity index (χ4v) is 2.57. The zero-order chi connectivity index (χ0) is 21.8. The van der Waals surface area contributed by atoms with Gasteiger partial charge in [0, 0.05) is 30.5 Å². The second kappa shape index (κ2) is 11.9. The molecule has 0 saturated carbocycles. The summed E-state index contributed by atoms with van der Waals surface area (Å²) in [4.78, 5) is 45.4. The molecule has 0 unspecified atom stereocenters. The number of carbonyl (C=O) groups excluding carboxylic acids is 3. The molecule has 30 heavy (non-hydrogen) atoms. The maximum atomic E-state index is 11.9. The molecule has 2 N–H and O–H groups in total. The Morgan fingerprint density at radius 1 is 0.900 bits per heavy atom. The summed E-state index contributed by atoms with van der Waals surface area (Å²) in [6, 6.07) is 14.9. The van der Waals surface area contributed by atoms with Crippen LogP contribution in [0.15, 0.2) is 54.6 Å². The molecule has 2 amide bonds. The number of hydrazine groups is 1. The van der Waals surface area contributed by atoms with Crippen LogP contribution in [0.1, 0.15) is 41.6 Å². The van der Waals surface area contributed by atoms with E-state index in [0.29, 0.717) is 6.61 Å². The first-order valence-corrected chi connectivity index (χ1v) is 9.49. The third kappa shape index (κ3) is 8.09. The Morgan fingerprint density at radius 3 is 2.27 bits per heavy atom. The number of ether oxygens (including phenoxy) is 1. The number of rotatable bonds is 10. The maximum Gasteiger partial charge on any atom is 0.305 e. The molecule has 0 saturated heterocycles. The van der Waals surface area contributed by atoms with Crippen molar-refractivity contribution in [2.24, 2.45) is 0 Å². The average Bonchev–Trinajstić information content (AvgIpc) is 2.76. The number of benzene rings is 2. The summed E-state index contributed by atoms with van der Waals surface area (Å²) in [5.41, 5.74) is 5.67. The number of carbonyl (C=O) groups is 3. The second-order valence-corrected chi connectivity index (χ2v) is 6.47. The number of hydrogen-bond donors (Lipinski definition) is 2. The van der Waals surface area contributed by atoms with Crippen molar-refractivity contribution in [1.29, 1.82) is 0 Å².